The molecule has 1 unspecified atom stereocenters. The van der Waals surface area contributed by atoms with Crippen molar-refractivity contribution in [2.45, 2.75) is 45.8 Å². The summed E-state index contributed by atoms with van der Waals surface area (Å²) >= 11 is 0. The number of piperidine rings is 1. The maximum atomic E-state index is 12.4. The van der Waals surface area contributed by atoms with Crippen LogP contribution >= 0.6 is 0 Å². The molecule has 8 heteroatoms. The Kier molecular flexibility index (Phi) is 4.26. The number of nitrogens with two attached hydrogens (primary N) is 1. The number of carboxylic acids is 1. The lowest BCUT2D eigenvalue weighted by atomic mass is 9.76. The van der Waals surface area contributed by atoms with Crippen LogP contribution in [0.5, 0.6) is 0 Å². The fraction of sp³-hybridized carbons (Fsp3) is 0.692. The summed E-state index contributed by atoms with van der Waals surface area (Å²) in [5, 5.41) is 17.1. The van der Waals surface area contributed by atoms with Gasteiger partial charge < -0.3 is 15.7 Å². The molecule has 1 aromatic heterocycles. The molecule has 2 rings (SSSR count). The van der Waals surface area contributed by atoms with Crippen molar-refractivity contribution in [2.75, 3.05) is 6.54 Å². The van der Waals surface area contributed by atoms with Crippen molar-refractivity contribution in [1.82, 2.24) is 19.9 Å². The molecule has 1 aliphatic rings. The van der Waals surface area contributed by atoms with Crippen molar-refractivity contribution in [3.8, 4) is 0 Å². The molecule has 2 heterocycles. The van der Waals surface area contributed by atoms with Gasteiger partial charge in [-0.05, 0) is 18.3 Å². The van der Waals surface area contributed by atoms with E-state index in [1.807, 2.05) is 13.8 Å². The van der Waals surface area contributed by atoms with Crippen molar-refractivity contribution in [2.24, 2.45) is 11.1 Å². The van der Waals surface area contributed by atoms with E-state index >= 15 is 0 Å². The van der Waals surface area contributed by atoms with Crippen LogP contribution < -0.4 is 5.73 Å². The van der Waals surface area contributed by atoms with Crippen molar-refractivity contribution in [1.29, 1.82) is 0 Å². The van der Waals surface area contributed by atoms with Gasteiger partial charge in [-0.1, -0.05) is 19.1 Å². The second-order valence-electron chi connectivity index (χ2n) is 6.03. The molecular weight excluding hydrogens is 274 g/mol. The highest BCUT2D eigenvalue weighted by atomic mass is 16.4. The maximum Gasteiger partial charge on any atom is 0.326 e. The average molecular weight is 295 g/mol. The zero-order valence-corrected chi connectivity index (χ0v) is 12.3. The van der Waals surface area contributed by atoms with Gasteiger partial charge in [0.05, 0.1) is 11.9 Å². The minimum Gasteiger partial charge on any atom is -0.480 e. The predicted octanol–water partition coefficient (Wildman–Crippen LogP) is -0.161. The summed E-state index contributed by atoms with van der Waals surface area (Å²) in [5.41, 5.74) is 5.60. The fourth-order valence-electron chi connectivity index (χ4n) is 2.87. The van der Waals surface area contributed by atoms with E-state index in [4.69, 9.17) is 5.73 Å². The lowest BCUT2D eigenvalue weighted by Crippen LogP contribution is -2.57. The minimum atomic E-state index is -0.964. The van der Waals surface area contributed by atoms with Gasteiger partial charge in [-0.15, -0.1) is 5.10 Å². The molecule has 116 valence electrons. The third kappa shape index (κ3) is 3.21. The first-order chi connectivity index (χ1) is 9.85. The fourth-order valence-corrected chi connectivity index (χ4v) is 2.87. The number of hydrogen-bond donors (Lipinski definition) is 2. The van der Waals surface area contributed by atoms with Gasteiger partial charge in [0, 0.05) is 13.1 Å². The minimum absolute atomic E-state index is 0.0210. The summed E-state index contributed by atoms with van der Waals surface area (Å²) < 4.78 is 1.39. The quantitative estimate of drug-likeness (QED) is 0.797. The van der Waals surface area contributed by atoms with E-state index in [-0.39, 0.29) is 19.0 Å². The first-order valence-corrected chi connectivity index (χ1v) is 6.96. The summed E-state index contributed by atoms with van der Waals surface area (Å²) in [7, 11) is 0. The number of hydrogen-bond acceptors (Lipinski definition) is 5. The Labute approximate surface area is 122 Å². The number of aromatic nitrogens is 3. The molecule has 0 aromatic carbocycles. The smallest absolute Gasteiger partial charge is 0.326 e. The van der Waals surface area contributed by atoms with Gasteiger partial charge in [-0.3, -0.25) is 4.79 Å². The van der Waals surface area contributed by atoms with Gasteiger partial charge >= 0.3 is 5.97 Å². The van der Waals surface area contributed by atoms with E-state index in [0.29, 0.717) is 12.2 Å². The summed E-state index contributed by atoms with van der Waals surface area (Å²) in [6.07, 6.45) is 3.19. The van der Waals surface area contributed by atoms with Gasteiger partial charge in [-0.25, -0.2) is 9.48 Å². The van der Waals surface area contributed by atoms with E-state index in [1.165, 1.54) is 9.58 Å². The molecule has 0 spiro atoms. The molecule has 1 amide bonds. The highest BCUT2D eigenvalue weighted by Gasteiger charge is 2.44. The van der Waals surface area contributed by atoms with Crippen LogP contribution in [0.15, 0.2) is 6.20 Å². The lowest BCUT2D eigenvalue weighted by molar-refractivity contribution is -0.159. The van der Waals surface area contributed by atoms with Crippen LogP contribution in [0.3, 0.4) is 0 Å². The lowest BCUT2D eigenvalue weighted by Gasteiger charge is -2.43. The molecule has 0 saturated carbocycles. The first-order valence-electron chi connectivity index (χ1n) is 6.96. The molecule has 21 heavy (non-hydrogen) atoms. The van der Waals surface area contributed by atoms with Crippen LogP contribution in [0.4, 0.5) is 0 Å². The van der Waals surface area contributed by atoms with Gasteiger partial charge in [0.25, 0.3) is 0 Å². The normalized spacial score (nSPS) is 21.3. The Morgan fingerprint density at radius 3 is 2.81 bits per heavy atom. The second-order valence-corrected chi connectivity index (χ2v) is 6.03. The number of carbonyl (C=O) groups is 2. The molecule has 0 radical (unpaired) electrons. The Hall–Kier alpha value is -1.96. The van der Waals surface area contributed by atoms with Crippen LogP contribution in [0.1, 0.15) is 32.4 Å². The largest absolute Gasteiger partial charge is 0.480 e. The molecule has 1 fully saturated rings. The number of likely N-dealkylation sites (tertiary alicyclic amines) is 1. The third-order valence-electron chi connectivity index (χ3n) is 3.92. The van der Waals surface area contributed by atoms with E-state index < -0.39 is 17.4 Å². The molecule has 0 aliphatic carbocycles. The van der Waals surface area contributed by atoms with Crippen LogP contribution in [0.2, 0.25) is 0 Å². The maximum absolute atomic E-state index is 12.4. The number of nitrogens with zero attached hydrogens (tertiary/aromatic N) is 4. The van der Waals surface area contributed by atoms with Crippen molar-refractivity contribution in [3.05, 3.63) is 11.9 Å². The van der Waals surface area contributed by atoms with Crippen LogP contribution in [0, 0.1) is 5.41 Å². The topological polar surface area (TPSA) is 114 Å². The zero-order valence-electron chi connectivity index (χ0n) is 12.3. The molecule has 1 saturated heterocycles. The molecule has 0 bridgehead atoms. The highest BCUT2D eigenvalue weighted by Crippen LogP contribution is 2.35. The van der Waals surface area contributed by atoms with Gasteiger partial charge in [0.2, 0.25) is 5.91 Å². The molecule has 3 N–H and O–H groups in total. The van der Waals surface area contributed by atoms with Crippen LogP contribution in [-0.2, 0) is 22.7 Å². The summed E-state index contributed by atoms with van der Waals surface area (Å²) in [5.74, 6) is -1.22. The summed E-state index contributed by atoms with van der Waals surface area (Å²) in [6.45, 7) is 4.45. The van der Waals surface area contributed by atoms with Gasteiger partial charge in [0.1, 0.15) is 12.6 Å². The summed E-state index contributed by atoms with van der Waals surface area (Å²) in [4.78, 5) is 25.4. The second kappa shape index (κ2) is 5.80. The van der Waals surface area contributed by atoms with Crippen molar-refractivity contribution >= 4 is 11.9 Å². The number of aliphatic carboxylic acids is 1. The Bertz CT molecular complexity index is 540. The van der Waals surface area contributed by atoms with Crippen molar-refractivity contribution in [3.63, 3.8) is 0 Å². The molecule has 1 aliphatic heterocycles. The number of rotatable bonds is 4. The molecule has 1 aromatic rings. The number of carboxylic acid groups (broad SMARTS) is 1. The first kappa shape index (κ1) is 15.4. The highest BCUT2D eigenvalue weighted by molar-refractivity contribution is 5.84. The van der Waals surface area contributed by atoms with E-state index in [9.17, 15) is 14.7 Å². The Morgan fingerprint density at radius 1 is 1.52 bits per heavy atom. The van der Waals surface area contributed by atoms with E-state index in [2.05, 4.69) is 10.3 Å². The standard InChI is InChI=1S/C13H21N5O3/c1-13(2)4-3-5-18(11(13)12(20)21)10(19)8-17-7-9(6-14)15-16-17/h7,11H,3-6,8,14H2,1-2H3,(H,20,21). The Morgan fingerprint density at radius 2 is 2.24 bits per heavy atom. The number of amides is 1. The van der Waals surface area contributed by atoms with E-state index in [1.54, 1.807) is 6.20 Å². The average Bonchev–Trinajstić information content (AvgIpc) is 2.84. The van der Waals surface area contributed by atoms with E-state index in [0.717, 1.165) is 12.8 Å². The van der Waals surface area contributed by atoms with Gasteiger partial charge in [-0.2, -0.15) is 0 Å². The SMILES string of the molecule is CC1(C)CCCN(C(=O)Cn2cc(CN)nn2)C1C(=O)O. The monoisotopic (exact) mass is 295 g/mol. The molecule has 1 atom stereocenters. The third-order valence-corrected chi connectivity index (χ3v) is 3.92. The summed E-state index contributed by atoms with van der Waals surface area (Å²) in [6, 6.07) is -0.809. The Balaban J connectivity index is 2.14. The van der Waals surface area contributed by atoms with Crippen LogP contribution in [0.25, 0.3) is 0 Å². The van der Waals surface area contributed by atoms with Crippen LogP contribution in [-0.4, -0.2) is 49.5 Å². The molecule has 8 nitrogen and oxygen atoms in total. The zero-order chi connectivity index (χ0) is 15.6. The predicted molar refractivity (Wildman–Crippen MR) is 74.1 cm³/mol. The van der Waals surface area contributed by atoms with Crippen molar-refractivity contribution < 1.29 is 14.7 Å². The van der Waals surface area contributed by atoms with Gasteiger partial charge in [0.15, 0.2) is 0 Å². The number of carbonyl (C=O) groups excluding carboxylic acids is 1. The molecular formula is C13H21N5O3.